The number of alkyl halides is 3. The SMILES string of the molecule is O=C1C/C(=C/OS(=O)(=O)C(F)(F)F)C(=O)c2cccc3cccc1c23. The summed E-state index contributed by atoms with van der Waals surface area (Å²) < 4.78 is 62.8. The average molecular weight is 370 g/mol. The van der Waals surface area contributed by atoms with Crippen LogP contribution in [-0.2, 0) is 14.3 Å². The Morgan fingerprint density at radius 2 is 1.60 bits per heavy atom. The number of allylic oxidation sites excluding steroid dienone is 1. The highest BCUT2D eigenvalue weighted by Crippen LogP contribution is 2.32. The maximum Gasteiger partial charge on any atom is 0.534 e. The zero-order valence-electron chi connectivity index (χ0n) is 12.3. The number of ketones is 2. The predicted octanol–water partition coefficient (Wildman–Crippen LogP) is 3.36. The zero-order valence-corrected chi connectivity index (χ0v) is 13.1. The summed E-state index contributed by atoms with van der Waals surface area (Å²) in [5, 5.41) is 0.990. The van der Waals surface area contributed by atoms with Crippen LogP contribution >= 0.6 is 0 Å². The molecule has 0 radical (unpaired) electrons. The largest absolute Gasteiger partial charge is 0.534 e. The van der Waals surface area contributed by atoms with Crippen LogP contribution in [0.5, 0.6) is 0 Å². The molecule has 0 atom stereocenters. The number of hydrogen-bond acceptors (Lipinski definition) is 5. The number of benzene rings is 2. The molecule has 9 heteroatoms. The molecule has 0 spiro atoms. The Morgan fingerprint density at radius 1 is 1.00 bits per heavy atom. The summed E-state index contributed by atoms with van der Waals surface area (Å²) in [5.74, 6) is -1.29. The topological polar surface area (TPSA) is 77.5 Å². The molecule has 25 heavy (non-hydrogen) atoms. The van der Waals surface area contributed by atoms with E-state index >= 15 is 0 Å². The predicted molar refractivity (Wildman–Crippen MR) is 81.4 cm³/mol. The van der Waals surface area contributed by atoms with Crippen molar-refractivity contribution < 1.29 is 35.4 Å². The molecule has 3 rings (SSSR count). The molecule has 0 heterocycles. The summed E-state index contributed by atoms with van der Waals surface area (Å²) in [6.07, 6.45) is -0.381. The molecule has 0 aliphatic heterocycles. The molecule has 0 N–H and O–H groups in total. The van der Waals surface area contributed by atoms with Gasteiger partial charge in [-0.1, -0.05) is 36.4 Å². The fourth-order valence-electron chi connectivity index (χ4n) is 2.56. The van der Waals surface area contributed by atoms with Crippen molar-refractivity contribution in [2.75, 3.05) is 0 Å². The Hall–Kier alpha value is -2.68. The molecule has 2 aromatic rings. The molecule has 0 aromatic heterocycles. The van der Waals surface area contributed by atoms with Gasteiger partial charge in [0.15, 0.2) is 11.6 Å². The number of hydrogen-bond donors (Lipinski definition) is 0. The van der Waals surface area contributed by atoms with Gasteiger partial charge in [-0.05, 0) is 5.39 Å². The molecule has 0 saturated carbocycles. The minimum Gasteiger partial charge on any atom is -0.384 e. The van der Waals surface area contributed by atoms with Crippen molar-refractivity contribution in [2.24, 2.45) is 0 Å². The maximum absolute atomic E-state index is 12.6. The molecular weight excluding hydrogens is 361 g/mol. The van der Waals surface area contributed by atoms with Gasteiger partial charge >= 0.3 is 15.6 Å². The first-order valence-electron chi connectivity index (χ1n) is 6.90. The van der Waals surface area contributed by atoms with E-state index in [0.29, 0.717) is 10.8 Å². The molecule has 0 fully saturated rings. The summed E-state index contributed by atoms with van der Waals surface area (Å²) in [6.45, 7) is 0. The van der Waals surface area contributed by atoms with Crippen LogP contribution in [0.2, 0.25) is 0 Å². The van der Waals surface area contributed by atoms with Crippen molar-refractivity contribution in [3.05, 3.63) is 59.4 Å². The summed E-state index contributed by atoms with van der Waals surface area (Å²) in [4.78, 5) is 24.9. The van der Waals surface area contributed by atoms with E-state index in [1.54, 1.807) is 24.3 Å². The van der Waals surface area contributed by atoms with Gasteiger partial charge in [0.05, 0.1) is 0 Å². The summed E-state index contributed by atoms with van der Waals surface area (Å²) in [5.41, 5.74) is -5.77. The van der Waals surface area contributed by atoms with E-state index in [9.17, 15) is 31.2 Å². The lowest BCUT2D eigenvalue weighted by atomic mass is 9.97. The first kappa shape index (κ1) is 17.2. The summed E-state index contributed by atoms with van der Waals surface area (Å²) >= 11 is 0. The second-order valence-corrected chi connectivity index (χ2v) is 6.84. The molecule has 1 aliphatic carbocycles. The van der Waals surface area contributed by atoms with Crippen molar-refractivity contribution in [1.29, 1.82) is 0 Å². The summed E-state index contributed by atoms with van der Waals surface area (Å²) in [7, 11) is -5.91. The van der Waals surface area contributed by atoms with E-state index in [0.717, 1.165) is 0 Å². The van der Waals surface area contributed by atoms with Crippen molar-refractivity contribution in [1.82, 2.24) is 0 Å². The fourth-order valence-corrected chi connectivity index (χ4v) is 2.91. The van der Waals surface area contributed by atoms with Gasteiger partial charge in [0, 0.05) is 28.5 Å². The number of Topliss-reactive ketones (excluding diaryl/α,β-unsaturated/α-hetero) is 2. The molecule has 0 amide bonds. The van der Waals surface area contributed by atoms with Gasteiger partial charge in [0.2, 0.25) is 0 Å². The molecule has 0 bridgehead atoms. The lowest BCUT2D eigenvalue weighted by Gasteiger charge is -2.08. The Balaban J connectivity index is 2.11. The van der Waals surface area contributed by atoms with Gasteiger partial charge < -0.3 is 4.18 Å². The Bertz CT molecular complexity index is 1030. The van der Waals surface area contributed by atoms with Crippen LogP contribution < -0.4 is 0 Å². The normalized spacial score (nSPS) is 17.0. The molecule has 0 unspecified atom stereocenters. The van der Waals surface area contributed by atoms with Gasteiger partial charge in [-0.3, -0.25) is 9.59 Å². The summed E-state index contributed by atoms with van der Waals surface area (Å²) in [6, 6.07) is 9.45. The Morgan fingerprint density at radius 3 is 2.20 bits per heavy atom. The van der Waals surface area contributed by atoms with Gasteiger partial charge in [-0.15, -0.1) is 0 Å². The minimum atomic E-state index is -5.91. The number of halogens is 3. The maximum atomic E-state index is 12.6. The number of carbonyl (C=O) groups excluding carboxylic acids is 2. The Labute approximate surface area is 139 Å². The first-order chi connectivity index (χ1) is 11.6. The Kier molecular flexibility index (Phi) is 3.91. The van der Waals surface area contributed by atoms with Crippen LogP contribution in [0.15, 0.2) is 48.2 Å². The lowest BCUT2D eigenvalue weighted by molar-refractivity contribution is -0.0515. The van der Waals surface area contributed by atoms with Crippen molar-refractivity contribution in [3.8, 4) is 0 Å². The van der Waals surface area contributed by atoms with Crippen LogP contribution in [0.1, 0.15) is 27.1 Å². The van der Waals surface area contributed by atoms with Gasteiger partial charge in [-0.25, -0.2) is 0 Å². The van der Waals surface area contributed by atoms with Crippen LogP contribution in [0.4, 0.5) is 13.2 Å². The smallest absolute Gasteiger partial charge is 0.384 e. The third kappa shape index (κ3) is 2.91. The standard InChI is InChI=1S/C16H9F3O5S/c17-16(18,19)25(22,23)24-8-10-7-13(20)11-5-1-3-9-4-2-6-12(14(9)11)15(10)21/h1-6,8H,7H2/b10-8-. The highest BCUT2D eigenvalue weighted by Gasteiger charge is 2.48. The first-order valence-corrected chi connectivity index (χ1v) is 8.31. The molecule has 5 nitrogen and oxygen atoms in total. The second-order valence-electron chi connectivity index (χ2n) is 5.28. The number of rotatable bonds is 2. The highest BCUT2D eigenvalue weighted by molar-refractivity contribution is 7.87. The molecule has 0 saturated heterocycles. The van der Waals surface area contributed by atoms with Crippen LogP contribution in [-0.4, -0.2) is 25.5 Å². The monoisotopic (exact) mass is 370 g/mol. The molecule has 2 aromatic carbocycles. The fraction of sp³-hybridized carbons (Fsp3) is 0.125. The molecule has 1 aliphatic rings. The third-order valence-electron chi connectivity index (χ3n) is 3.69. The highest BCUT2D eigenvalue weighted by atomic mass is 32.2. The van der Waals surface area contributed by atoms with E-state index in [1.165, 1.54) is 12.1 Å². The van der Waals surface area contributed by atoms with Crippen molar-refractivity contribution in [2.45, 2.75) is 11.9 Å². The quantitative estimate of drug-likeness (QED) is 0.351. The van der Waals surface area contributed by atoms with E-state index < -0.39 is 39.2 Å². The minimum absolute atomic E-state index is 0.0956. The average Bonchev–Trinajstić information content (AvgIpc) is 2.64. The van der Waals surface area contributed by atoms with E-state index in [1.807, 2.05) is 0 Å². The third-order valence-corrected chi connectivity index (χ3v) is 4.61. The van der Waals surface area contributed by atoms with E-state index in [2.05, 4.69) is 4.18 Å². The van der Waals surface area contributed by atoms with Crippen molar-refractivity contribution >= 4 is 32.5 Å². The molecule has 130 valence electrons. The van der Waals surface area contributed by atoms with Crippen molar-refractivity contribution in [3.63, 3.8) is 0 Å². The van der Waals surface area contributed by atoms with Gasteiger partial charge in [-0.2, -0.15) is 21.6 Å². The van der Waals surface area contributed by atoms with E-state index in [-0.39, 0.29) is 17.4 Å². The van der Waals surface area contributed by atoms with Crippen LogP contribution in [0.3, 0.4) is 0 Å². The van der Waals surface area contributed by atoms with Crippen LogP contribution in [0.25, 0.3) is 10.8 Å². The number of carbonyl (C=O) groups is 2. The molecular formula is C16H9F3O5S. The zero-order chi connectivity index (χ0) is 18.4. The van der Waals surface area contributed by atoms with Gasteiger partial charge in [0.1, 0.15) is 6.26 Å². The second kappa shape index (κ2) is 5.69. The van der Waals surface area contributed by atoms with Gasteiger partial charge in [0.25, 0.3) is 0 Å². The van der Waals surface area contributed by atoms with E-state index in [4.69, 9.17) is 0 Å². The van der Waals surface area contributed by atoms with Crippen LogP contribution in [0, 0.1) is 0 Å². The lowest BCUT2D eigenvalue weighted by Crippen LogP contribution is -2.24.